The Balaban J connectivity index is 1.58. The van der Waals surface area contributed by atoms with Gasteiger partial charge in [-0.15, -0.1) is 0 Å². The van der Waals surface area contributed by atoms with Crippen LogP contribution in [0.5, 0.6) is 11.6 Å². The third-order valence-electron chi connectivity index (χ3n) is 4.59. The zero-order chi connectivity index (χ0) is 22.1. The summed E-state index contributed by atoms with van der Waals surface area (Å²) in [4.78, 5) is 8.84. The van der Waals surface area contributed by atoms with E-state index >= 15 is 0 Å². The van der Waals surface area contributed by atoms with Gasteiger partial charge in [-0.05, 0) is 49.2 Å². The summed E-state index contributed by atoms with van der Waals surface area (Å²) < 4.78 is 18.6. The van der Waals surface area contributed by atoms with Crippen LogP contribution in [0.1, 0.15) is 25.0 Å². The molecule has 3 rings (SSSR count). The number of hydrogen-bond donors (Lipinski definition) is 3. The average Bonchev–Trinajstić information content (AvgIpc) is 2.79. The van der Waals surface area contributed by atoms with Crippen LogP contribution in [0.25, 0.3) is 0 Å². The van der Waals surface area contributed by atoms with E-state index in [1.165, 1.54) is 12.1 Å². The summed E-state index contributed by atoms with van der Waals surface area (Å²) >= 11 is 0. The Labute approximate surface area is 181 Å². The van der Waals surface area contributed by atoms with Crippen molar-refractivity contribution in [2.75, 3.05) is 13.1 Å². The molecule has 1 aromatic heterocycles. The number of rotatable bonds is 8. The molecule has 3 aromatic rings. The summed E-state index contributed by atoms with van der Waals surface area (Å²) in [6.07, 6.45) is 1.69. The van der Waals surface area contributed by atoms with Crippen molar-refractivity contribution in [3.8, 4) is 11.6 Å². The number of nitrogens with zero attached hydrogens (tertiary/aromatic N) is 2. The summed E-state index contributed by atoms with van der Waals surface area (Å²) in [5.74, 6) is 1.22. The highest BCUT2D eigenvalue weighted by Crippen LogP contribution is 2.20. The Morgan fingerprint density at radius 2 is 1.81 bits per heavy atom. The van der Waals surface area contributed by atoms with Crippen LogP contribution in [0.2, 0.25) is 0 Å². The number of halogens is 1. The molecule has 0 bridgehead atoms. The molecule has 1 heterocycles. The highest BCUT2D eigenvalue weighted by atomic mass is 19.1. The zero-order valence-electron chi connectivity index (χ0n) is 17.7. The van der Waals surface area contributed by atoms with E-state index in [2.05, 4.69) is 20.6 Å². The molecule has 0 fully saturated rings. The van der Waals surface area contributed by atoms with Gasteiger partial charge in [0.15, 0.2) is 5.96 Å². The lowest BCUT2D eigenvalue weighted by atomic mass is 9.96. The quantitative estimate of drug-likeness (QED) is 0.378. The van der Waals surface area contributed by atoms with Crippen LogP contribution >= 0.6 is 0 Å². The molecule has 1 atom stereocenters. The Morgan fingerprint density at radius 1 is 1.06 bits per heavy atom. The van der Waals surface area contributed by atoms with Crippen LogP contribution < -0.4 is 15.4 Å². The number of guanidine groups is 1. The molecule has 0 spiro atoms. The molecular formula is C24H27FN4O2. The van der Waals surface area contributed by atoms with Crippen LogP contribution in [-0.2, 0) is 12.1 Å². The Kier molecular flexibility index (Phi) is 7.56. The number of benzene rings is 2. The van der Waals surface area contributed by atoms with E-state index in [1.54, 1.807) is 31.3 Å². The number of aliphatic hydroxyl groups is 1. The van der Waals surface area contributed by atoms with E-state index in [1.807, 2.05) is 43.3 Å². The second kappa shape index (κ2) is 10.5. The molecule has 0 aliphatic rings. The maximum Gasteiger partial charge on any atom is 0.219 e. The Hall–Kier alpha value is -3.45. The van der Waals surface area contributed by atoms with E-state index in [0.717, 1.165) is 11.1 Å². The average molecular weight is 423 g/mol. The fourth-order valence-electron chi connectivity index (χ4n) is 2.86. The summed E-state index contributed by atoms with van der Waals surface area (Å²) in [5.41, 5.74) is 0.705. The number of ether oxygens (including phenoxy) is 1. The summed E-state index contributed by atoms with van der Waals surface area (Å²) in [6.45, 7) is 5.17. The lowest BCUT2D eigenvalue weighted by Crippen LogP contribution is -2.44. The van der Waals surface area contributed by atoms with Gasteiger partial charge in [-0.1, -0.05) is 36.4 Å². The minimum absolute atomic E-state index is 0.311. The van der Waals surface area contributed by atoms with Gasteiger partial charge in [0.05, 0.1) is 13.1 Å². The minimum atomic E-state index is -1.03. The summed E-state index contributed by atoms with van der Waals surface area (Å²) in [5, 5.41) is 17.1. The number of pyridine rings is 1. The predicted molar refractivity (Wildman–Crippen MR) is 120 cm³/mol. The zero-order valence-corrected chi connectivity index (χ0v) is 17.7. The standard InChI is InChI=1S/C24H27FN4O2/c1-3-26-23(29-17-24(2,30)19-7-5-4-6-8-19)28-16-18-9-14-22(27-15-18)31-21-12-10-20(25)11-13-21/h4-15,30H,3,16-17H2,1-2H3,(H2,26,28,29). The molecule has 0 saturated carbocycles. The first-order chi connectivity index (χ1) is 15.0. The fourth-order valence-corrected chi connectivity index (χ4v) is 2.86. The van der Waals surface area contributed by atoms with Gasteiger partial charge in [0.25, 0.3) is 0 Å². The van der Waals surface area contributed by atoms with Crippen molar-refractivity contribution < 1.29 is 14.2 Å². The van der Waals surface area contributed by atoms with Gasteiger partial charge < -0.3 is 20.5 Å². The van der Waals surface area contributed by atoms with E-state index < -0.39 is 5.60 Å². The van der Waals surface area contributed by atoms with E-state index in [9.17, 15) is 9.50 Å². The number of hydrogen-bond acceptors (Lipinski definition) is 4. The molecule has 0 aliphatic carbocycles. The van der Waals surface area contributed by atoms with Crippen molar-refractivity contribution >= 4 is 5.96 Å². The molecule has 1 unspecified atom stereocenters. The van der Waals surface area contributed by atoms with Crippen LogP contribution in [0, 0.1) is 5.82 Å². The molecule has 0 radical (unpaired) electrons. The molecule has 0 saturated heterocycles. The van der Waals surface area contributed by atoms with Crippen molar-refractivity contribution in [1.29, 1.82) is 0 Å². The van der Waals surface area contributed by atoms with Gasteiger partial charge >= 0.3 is 0 Å². The lowest BCUT2D eigenvalue weighted by molar-refractivity contribution is 0.0617. The highest BCUT2D eigenvalue weighted by molar-refractivity contribution is 5.79. The monoisotopic (exact) mass is 422 g/mol. The van der Waals surface area contributed by atoms with Crippen molar-refractivity contribution in [1.82, 2.24) is 15.6 Å². The first-order valence-corrected chi connectivity index (χ1v) is 10.1. The molecule has 162 valence electrons. The van der Waals surface area contributed by atoms with Crippen molar-refractivity contribution in [3.05, 3.63) is 89.9 Å². The van der Waals surface area contributed by atoms with Gasteiger partial charge in [-0.2, -0.15) is 0 Å². The fraction of sp³-hybridized carbons (Fsp3) is 0.250. The Morgan fingerprint density at radius 3 is 2.45 bits per heavy atom. The van der Waals surface area contributed by atoms with E-state index in [0.29, 0.717) is 37.2 Å². The van der Waals surface area contributed by atoms with Crippen molar-refractivity contribution in [2.24, 2.45) is 4.99 Å². The van der Waals surface area contributed by atoms with Crippen molar-refractivity contribution in [3.63, 3.8) is 0 Å². The molecule has 0 aliphatic heterocycles. The highest BCUT2D eigenvalue weighted by Gasteiger charge is 2.22. The lowest BCUT2D eigenvalue weighted by Gasteiger charge is -2.25. The normalized spacial score (nSPS) is 13.4. The second-order valence-electron chi connectivity index (χ2n) is 7.25. The minimum Gasteiger partial charge on any atom is -0.439 e. The molecule has 2 aromatic carbocycles. The van der Waals surface area contributed by atoms with Crippen LogP contribution in [0.3, 0.4) is 0 Å². The van der Waals surface area contributed by atoms with E-state index in [-0.39, 0.29) is 5.82 Å². The van der Waals surface area contributed by atoms with Crippen LogP contribution in [0.4, 0.5) is 4.39 Å². The van der Waals surface area contributed by atoms with Gasteiger partial charge in [0, 0.05) is 18.8 Å². The first kappa shape index (κ1) is 22.2. The van der Waals surface area contributed by atoms with Gasteiger partial charge in [-0.3, -0.25) is 0 Å². The molecule has 0 amide bonds. The van der Waals surface area contributed by atoms with E-state index in [4.69, 9.17) is 4.74 Å². The molecule has 6 nitrogen and oxygen atoms in total. The third-order valence-corrected chi connectivity index (χ3v) is 4.59. The third kappa shape index (κ3) is 6.79. The molecule has 7 heteroatoms. The maximum atomic E-state index is 13.0. The SMILES string of the molecule is CCNC(=NCc1ccc(Oc2ccc(F)cc2)nc1)NCC(C)(O)c1ccccc1. The van der Waals surface area contributed by atoms with Gasteiger partial charge in [0.2, 0.25) is 5.88 Å². The van der Waals surface area contributed by atoms with Gasteiger partial charge in [0.1, 0.15) is 17.2 Å². The number of aromatic nitrogens is 1. The first-order valence-electron chi connectivity index (χ1n) is 10.1. The topological polar surface area (TPSA) is 78.8 Å². The van der Waals surface area contributed by atoms with Crippen LogP contribution in [-0.4, -0.2) is 29.1 Å². The molecular weight excluding hydrogens is 395 g/mol. The second-order valence-corrected chi connectivity index (χ2v) is 7.25. The molecule has 3 N–H and O–H groups in total. The number of aliphatic imine (C=N–C) groups is 1. The summed E-state index contributed by atoms with van der Waals surface area (Å²) in [6, 6.07) is 18.9. The largest absolute Gasteiger partial charge is 0.439 e. The maximum absolute atomic E-state index is 13.0. The number of nitrogens with one attached hydrogen (secondary N) is 2. The van der Waals surface area contributed by atoms with Crippen molar-refractivity contribution in [2.45, 2.75) is 26.0 Å². The predicted octanol–water partition coefficient (Wildman–Crippen LogP) is 3.98. The Bertz CT molecular complexity index is 975. The van der Waals surface area contributed by atoms with Crippen LogP contribution in [0.15, 0.2) is 77.9 Å². The smallest absolute Gasteiger partial charge is 0.219 e. The summed E-state index contributed by atoms with van der Waals surface area (Å²) in [7, 11) is 0. The molecule has 31 heavy (non-hydrogen) atoms. The van der Waals surface area contributed by atoms with Gasteiger partial charge in [-0.25, -0.2) is 14.4 Å².